The summed E-state index contributed by atoms with van der Waals surface area (Å²) in [6.07, 6.45) is 6.54. The second kappa shape index (κ2) is 7.83. The first-order valence-electron chi connectivity index (χ1n) is 8.54. The fraction of sp³-hybridized carbons (Fsp3) is 0.684. The lowest BCUT2D eigenvalue weighted by Crippen LogP contribution is -2.32. The van der Waals surface area contributed by atoms with Gasteiger partial charge in [0.15, 0.2) is 0 Å². The maximum atomic E-state index is 3.65. The van der Waals surface area contributed by atoms with Gasteiger partial charge in [-0.05, 0) is 67.7 Å². The molecule has 0 spiro atoms. The standard InChI is InChI=1S/C19H31N/c1-4-11-20-14-18-10-9-15(3)12-19(18)17-8-6-7-16(5-2)13-17/h6-8,13,15,18-20H,4-5,9-12,14H2,1-3H3. The van der Waals surface area contributed by atoms with Crippen LogP contribution < -0.4 is 5.32 Å². The van der Waals surface area contributed by atoms with Crippen molar-refractivity contribution in [3.8, 4) is 0 Å². The van der Waals surface area contributed by atoms with E-state index in [9.17, 15) is 0 Å². The molecule has 1 aromatic carbocycles. The van der Waals surface area contributed by atoms with E-state index >= 15 is 0 Å². The molecular weight excluding hydrogens is 242 g/mol. The molecule has 20 heavy (non-hydrogen) atoms. The van der Waals surface area contributed by atoms with E-state index in [1.165, 1.54) is 37.8 Å². The molecule has 0 aromatic heterocycles. The van der Waals surface area contributed by atoms with Crippen molar-refractivity contribution in [2.45, 2.75) is 58.8 Å². The normalized spacial score (nSPS) is 26.6. The van der Waals surface area contributed by atoms with Crippen LogP contribution in [0, 0.1) is 11.8 Å². The van der Waals surface area contributed by atoms with Gasteiger partial charge in [0, 0.05) is 0 Å². The first-order valence-corrected chi connectivity index (χ1v) is 8.54. The Morgan fingerprint density at radius 1 is 1.20 bits per heavy atom. The SMILES string of the molecule is CCCNCC1CCC(C)CC1c1cccc(CC)c1. The van der Waals surface area contributed by atoms with Crippen LogP contribution in [-0.4, -0.2) is 13.1 Å². The average molecular weight is 273 g/mol. The van der Waals surface area contributed by atoms with Crippen molar-refractivity contribution in [1.29, 1.82) is 0 Å². The summed E-state index contributed by atoms with van der Waals surface area (Å²) in [5.74, 6) is 2.46. The lowest BCUT2D eigenvalue weighted by atomic mass is 9.71. The lowest BCUT2D eigenvalue weighted by molar-refractivity contribution is 0.242. The Morgan fingerprint density at radius 3 is 2.80 bits per heavy atom. The van der Waals surface area contributed by atoms with Crippen molar-refractivity contribution in [1.82, 2.24) is 5.32 Å². The summed E-state index contributed by atoms with van der Waals surface area (Å²) in [5, 5.41) is 3.65. The molecule has 1 nitrogen and oxygen atoms in total. The van der Waals surface area contributed by atoms with Crippen molar-refractivity contribution < 1.29 is 0 Å². The fourth-order valence-electron chi connectivity index (χ4n) is 3.60. The van der Waals surface area contributed by atoms with Crippen LogP contribution in [0.1, 0.15) is 63.5 Å². The van der Waals surface area contributed by atoms with E-state index in [0.29, 0.717) is 0 Å². The molecule has 0 heterocycles. The minimum absolute atomic E-state index is 0.759. The second-order valence-corrected chi connectivity index (χ2v) is 6.59. The minimum Gasteiger partial charge on any atom is -0.316 e. The van der Waals surface area contributed by atoms with Gasteiger partial charge in [-0.3, -0.25) is 0 Å². The van der Waals surface area contributed by atoms with Crippen LogP contribution in [0.2, 0.25) is 0 Å². The van der Waals surface area contributed by atoms with E-state index in [4.69, 9.17) is 0 Å². The van der Waals surface area contributed by atoms with Crippen molar-refractivity contribution in [2.24, 2.45) is 11.8 Å². The molecule has 112 valence electrons. The maximum absolute atomic E-state index is 3.65. The number of aryl methyl sites for hydroxylation is 1. The van der Waals surface area contributed by atoms with E-state index in [1.807, 2.05) is 0 Å². The van der Waals surface area contributed by atoms with Crippen LogP contribution in [0.5, 0.6) is 0 Å². The molecule has 0 saturated heterocycles. The number of nitrogens with one attached hydrogen (secondary N) is 1. The van der Waals surface area contributed by atoms with E-state index < -0.39 is 0 Å². The predicted octanol–water partition coefficient (Wildman–Crippen LogP) is 4.77. The predicted molar refractivity (Wildman–Crippen MR) is 88.2 cm³/mol. The summed E-state index contributed by atoms with van der Waals surface area (Å²) in [6.45, 7) is 9.28. The summed E-state index contributed by atoms with van der Waals surface area (Å²) >= 11 is 0. The summed E-state index contributed by atoms with van der Waals surface area (Å²) in [5.41, 5.74) is 3.07. The Labute approximate surface area is 125 Å². The Hall–Kier alpha value is -0.820. The van der Waals surface area contributed by atoms with Gasteiger partial charge >= 0.3 is 0 Å². The topological polar surface area (TPSA) is 12.0 Å². The molecule has 1 N–H and O–H groups in total. The number of rotatable bonds is 6. The third kappa shape index (κ3) is 4.09. The first-order chi connectivity index (χ1) is 9.74. The number of hydrogen-bond donors (Lipinski definition) is 1. The van der Waals surface area contributed by atoms with Crippen LogP contribution in [0.25, 0.3) is 0 Å². The Bertz CT molecular complexity index is 399. The highest BCUT2D eigenvalue weighted by Crippen LogP contribution is 2.40. The molecule has 0 radical (unpaired) electrons. The Morgan fingerprint density at radius 2 is 2.05 bits per heavy atom. The highest BCUT2D eigenvalue weighted by Gasteiger charge is 2.29. The van der Waals surface area contributed by atoms with Gasteiger partial charge in [0.25, 0.3) is 0 Å². The largest absolute Gasteiger partial charge is 0.316 e. The van der Waals surface area contributed by atoms with Crippen LogP contribution in [-0.2, 0) is 6.42 Å². The molecule has 3 atom stereocenters. The maximum Gasteiger partial charge on any atom is -0.00147 e. The third-order valence-corrected chi connectivity index (χ3v) is 4.88. The van der Waals surface area contributed by atoms with Gasteiger partial charge in [0.2, 0.25) is 0 Å². The van der Waals surface area contributed by atoms with Crippen molar-refractivity contribution in [2.75, 3.05) is 13.1 Å². The van der Waals surface area contributed by atoms with E-state index in [1.54, 1.807) is 5.56 Å². The van der Waals surface area contributed by atoms with Crippen LogP contribution in [0.3, 0.4) is 0 Å². The third-order valence-electron chi connectivity index (χ3n) is 4.88. The number of hydrogen-bond acceptors (Lipinski definition) is 1. The van der Waals surface area contributed by atoms with Crippen LogP contribution in [0.4, 0.5) is 0 Å². The van der Waals surface area contributed by atoms with Gasteiger partial charge in [-0.25, -0.2) is 0 Å². The summed E-state index contributed by atoms with van der Waals surface area (Å²) in [4.78, 5) is 0. The molecule has 1 aliphatic carbocycles. The molecular formula is C19H31N. The molecule has 1 heteroatoms. The molecule has 0 amide bonds. The quantitative estimate of drug-likeness (QED) is 0.736. The zero-order valence-corrected chi connectivity index (χ0v) is 13.5. The highest BCUT2D eigenvalue weighted by molar-refractivity contribution is 5.27. The molecule has 0 aliphatic heterocycles. The van der Waals surface area contributed by atoms with Gasteiger partial charge in [0.05, 0.1) is 0 Å². The van der Waals surface area contributed by atoms with Crippen LogP contribution >= 0.6 is 0 Å². The minimum atomic E-state index is 0.759. The van der Waals surface area contributed by atoms with E-state index in [-0.39, 0.29) is 0 Å². The van der Waals surface area contributed by atoms with Crippen molar-refractivity contribution in [3.05, 3.63) is 35.4 Å². The van der Waals surface area contributed by atoms with Crippen molar-refractivity contribution >= 4 is 0 Å². The molecule has 1 saturated carbocycles. The smallest absolute Gasteiger partial charge is 0.00147 e. The van der Waals surface area contributed by atoms with E-state index in [0.717, 1.165) is 30.7 Å². The summed E-state index contributed by atoms with van der Waals surface area (Å²) in [7, 11) is 0. The second-order valence-electron chi connectivity index (χ2n) is 6.59. The summed E-state index contributed by atoms with van der Waals surface area (Å²) in [6, 6.07) is 9.33. The average Bonchev–Trinajstić information content (AvgIpc) is 2.49. The van der Waals surface area contributed by atoms with Crippen molar-refractivity contribution in [3.63, 3.8) is 0 Å². The molecule has 1 fully saturated rings. The molecule has 3 unspecified atom stereocenters. The van der Waals surface area contributed by atoms with Gasteiger partial charge in [-0.1, -0.05) is 51.5 Å². The fourth-order valence-corrected chi connectivity index (χ4v) is 3.60. The lowest BCUT2D eigenvalue weighted by Gasteiger charge is -2.35. The molecule has 2 rings (SSSR count). The number of benzene rings is 1. The Kier molecular flexibility index (Phi) is 6.09. The van der Waals surface area contributed by atoms with Gasteiger partial charge in [-0.15, -0.1) is 0 Å². The zero-order chi connectivity index (χ0) is 14.4. The molecule has 1 aromatic rings. The zero-order valence-electron chi connectivity index (χ0n) is 13.5. The van der Waals surface area contributed by atoms with Gasteiger partial charge in [-0.2, -0.15) is 0 Å². The monoisotopic (exact) mass is 273 g/mol. The molecule has 1 aliphatic rings. The van der Waals surface area contributed by atoms with Crippen LogP contribution in [0.15, 0.2) is 24.3 Å². The first kappa shape index (κ1) is 15.6. The van der Waals surface area contributed by atoms with E-state index in [2.05, 4.69) is 50.4 Å². The summed E-state index contributed by atoms with van der Waals surface area (Å²) < 4.78 is 0. The van der Waals surface area contributed by atoms with Gasteiger partial charge in [0.1, 0.15) is 0 Å². The van der Waals surface area contributed by atoms with Gasteiger partial charge < -0.3 is 5.32 Å². The highest BCUT2D eigenvalue weighted by atomic mass is 14.9. The Balaban J connectivity index is 2.09. The molecule has 0 bridgehead atoms.